The van der Waals surface area contributed by atoms with Crippen LogP contribution in [0.3, 0.4) is 0 Å². The van der Waals surface area contributed by atoms with Crippen LogP contribution in [0, 0.1) is 0 Å². The van der Waals surface area contributed by atoms with E-state index in [1.165, 1.54) is 0 Å². The van der Waals surface area contributed by atoms with Crippen LogP contribution in [0.4, 0.5) is 0 Å². The minimum absolute atomic E-state index is 0.0114. The summed E-state index contributed by atoms with van der Waals surface area (Å²) in [5.74, 6) is 0.701. The van der Waals surface area contributed by atoms with E-state index in [2.05, 4.69) is 19.0 Å². The normalized spacial score (nSPS) is 18.4. The van der Waals surface area contributed by atoms with E-state index in [9.17, 15) is 9.59 Å². The summed E-state index contributed by atoms with van der Waals surface area (Å²) in [5, 5.41) is 5.89. The highest BCUT2D eigenvalue weighted by atomic mass is 32.1. The van der Waals surface area contributed by atoms with Gasteiger partial charge in [-0.3, -0.25) is 4.79 Å². The summed E-state index contributed by atoms with van der Waals surface area (Å²) in [6.07, 6.45) is 3.20. The maximum Gasteiger partial charge on any atom is 0.338 e. The Labute approximate surface area is 190 Å². The summed E-state index contributed by atoms with van der Waals surface area (Å²) in [5.41, 5.74) is 0.935. The average molecular weight is 455 g/mol. The summed E-state index contributed by atoms with van der Waals surface area (Å²) >= 11 is 1.55. The van der Waals surface area contributed by atoms with Crippen molar-refractivity contribution >= 4 is 23.2 Å². The Morgan fingerprint density at radius 1 is 1.16 bits per heavy atom. The van der Waals surface area contributed by atoms with Crippen molar-refractivity contribution in [3.05, 3.63) is 59.1 Å². The predicted molar refractivity (Wildman–Crippen MR) is 120 cm³/mol. The second kappa shape index (κ2) is 9.99. The first kappa shape index (κ1) is 22.1. The molecular weight excluding hydrogens is 428 g/mol. The van der Waals surface area contributed by atoms with Crippen LogP contribution < -0.4 is 4.74 Å². The molecule has 1 amide bonds. The van der Waals surface area contributed by atoms with Crippen LogP contribution in [0.15, 0.2) is 52.4 Å². The fourth-order valence-corrected chi connectivity index (χ4v) is 4.63. The second-order valence-electron chi connectivity index (χ2n) is 7.98. The first-order valence-corrected chi connectivity index (χ1v) is 11.6. The van der Waals surface area contributed by atoms with Gasteiger partial charge in [0.2, 0.25) is 0 Å². The van der Waals surface area contributed by atoms with Gasteiger partial charge in [0, 0.05) is 18.2 Å². The van der Waals surface area contributed by atoms with Crippen LogP contribution in [0.2, 0.25) is 0 Å². The third kappa shape index (κ3) is 5.19. The molecule has 4 rings (SSSR count). The molecule has 0 radical (unpaired) electrons. The summed E-state index contributed by atoms with van der Waals surface area (Å²) < 4.78 is 16.3. The van der Waals surface area contributed by atoms with Gasteiger partial charge in [-0.15, -0.1) is 11.3 Å². The fraction of sp³-hybridized carbons (Fsp3) is 0.375. The number of benzene rings is 1. The van der Waals surface area contributed by atoms with E-state index in [-0.39, 0.29) is 31.2 Å². The summed E-state index contributed by atoms with van der Waals surface area (Å²) in [4.78, 5) is 27.8. The predicted octanol–water partition coefficient (Wildman–Crippen LogP) is 4.93. The molecule has 3 aromatic rings. The molecular formula is C24H26N2O5S. The number of hydrogen-bond acceptors (Lipinski definition) is 7. The van der Waals surface area contributed by atoms with E-state index in [1.54, 1.807) is 41.7 Å². The number of nitrogens with zero attached hydrogens (tertiary/aromatic N) is 2. The van der Waals surface area contributed by atoms with E-state index in [0.717, 1.165) is 24.1 Å². The molecule has 3 heterocycles. The standard InChI is InChI=1S/C24H26N2O5S/c1-16-5-3-6-17(2)26(16)23(27)15-29-20-10-8-18(9-11-20)24(28)30-14-19-13-21(31-25-19)22-7-4-12-32-22/h4,7-13,16-17H,3,5-6,14-15H2,1-2H3. The van der Waals surface area contributed by atoms with Gasteiger partial charge >= 0.3 is 5.97 Å². The molecule has 8 heteroatoms. The van der Waals surface area contributed by atoms with Crippen molar-refractivity contribution in [1.29, 1.82) is 0 Å². The highest BCUT2D eigenvalue weighted by molar-refractivity contribution is 7.13. The second-order valence-corrected chi connectivity index (χ2v) is 8.93. The van der Waals surface area contributed by atoms with E-state index in [4.69, 9.17) is 14.0 Å². The zero-order valence-corrected chi connectivity index (χ0v) is 19.0. The first-order chi connectivity index (χ1) is 15.5. The van der Waals surface area contributed by atoms with Gasteiger partial charge in [0.15, 0.2) is 12.4 Å². The van der Waals surface area contributed by atoms with Crippen LogP contribution in [-0.4, -0.2) is 40.6 Å². The lowest BCUT2D eigenvalue weighted by atomic mass is 9.97. The van der Waals surface area contributed by atoms with Crippen LogP contribution in [-0.2, 0) is 16.1 Å². The molecule has 32 heavy (non-hydrogen) atoms. The smallest absolute Gasteiger partial charge is 0.338 e. The number of rotatable bonds is 7. The molecule has 0 aliphatic carbocycles. The van der Waals surface area contributed by atoms with Crippen molar-refractivity contribution in [3.8, 4) is 16.4 Å². The highest BCUT2D eigenvalue weighted by Gasteiger charge is 2.29. The van der Waals surface area contributed by atoms with Crippen LogP contribution in [0.5, 0.6) is 5.75 Å². The molecule has 0 bridgehead atoms. The Kier molecular flexibility index (Phi) is 6.90. The van der Waals surface area contributed by atoms with Gasteiger partial charge in [-0.25, -0.2) is 4.79 Å². The molecule has 1 aliphatic rings. The SMILES string of the molecule is CC1CCCC(C)N1C(=O)COc1ccc(C(=O)OCc2cc(-c3cccs3)on2)cc1. The zero-order valence-electron chi connectivity index (χ0n) is 18.2. The average Bonchev–Trinajstić information content (AvgIpc) is 3.48. The summed E-state index contributed by atoms with van der Waals surface area (Å²) in [6, 6.07) is 12.7. The maximum atomic E-state index is 12.6. The number of aromatic nitrogens is 1. The molecule has 2 unspecified atom stereocenters. The molecule has 2 aromatic heterocycles. The molecule has 168 valence electrons. The molecule has 1 aliphatic heterocycles. The third-order valence-electron chi connectivity index (χ3n) is 5.61. The fourth-order valence-electron chi connectivity index (χ4n) is 3.96. The molecule has 0 N–H and O–H groups in total. The van der Waals surface area contributed by atoms with Gasteiger partial charge in [-0.1, -0.05) is 11.2 Å². The Morgan fingerprint density at radius 2 is 1.91 bits per heavy atom. The Hall–Kier alpha value is -3.13. The number of thiophene rings is 1. The minimum atomic E-state index is -0.468. The Bertz CT molecular complexity index is 1030. The van der Waals surface area contributed by atoms with Crippen LogP contribution in [0.1, 0.15) is 49.2 Å². The quantitative estimate of drug-likeness (QED) is 0.471. The van der Waals surface area contributed by atoms with E-state index < -0.39 is 5.97 Å². The number of carbonyl (C=O) groups is 2. The first-order valence-electron chi connectivity index (χ1n) is 10.7. The van der Waals surface area contributed by atoms with E-state index in [1.807, 2.05) is 22.4 Å². The van der Waals surface area contributed by atoms with Gasteiger partial charge in [-0.05, 0) is 68.8 Å². The minimum Gasteiger partial charge on any atom is -0.484 e. The van der Waals surface area contributed by atoms with E-state index in [0.29, 0.717) is 22.8 Å². The number of likely N-dealkylation sites (tertiary alicyclic amines) is 1. The lowest BCUT2D eigenvalue weighted by molar-refractivity contribution is -0.139. The summed E-state index contributed by atoms with van der Waals surface area (Å²) in [6.45, 7) is 4.16. The largest absolute Gasteiger partial charge is 0.484 e. The van der Waals surface area contributed by atoms with Crippen molar-refractivity contribution in [1.82, 2.24) is 10.1 Å². The monoisotopic (exact) mass is 454 g/mol. The van der Waals surface area contributed by atoms with Gasteiger partial charge < -0.3 is 18.9 Å². The maximum absolute atomic E-state index is 12.6. The van der Waals surface area contributed by atoms with Gasteiger partial charge in [-0.2, -0.15) is 0 Å². The lowest BCUT2D eigenvalue weighted by Crippen LogP contribution is -2.49. The van der Waals surface area contributed by atoms with Crippen molar-refractivity contribution < 1.29 is 23.6 Å². The number of hydrogen-bond donors (Lipinski definition) is 0. The third-order valence-corrected chi connectivity index (χ3v) is 6.49. The molecule has 0 spiro atoms. The molecule has 1 aromatic carbocycles. The molecule has 1 saturated heterocycles. The topological polar surface area (TPSA) is 81.9 Å². The van der Waals surface area contributed by atoms with Crippen LogP contribution in [0.25, 0.3) is 10.6 Å². The molecule has 0 saturated carbocycles. The number of amides is 1. The zero-order chi connectivity index (χ0) is 22.5. The molecule has 1 fully saturated rings. The molecule has 2 atom stereocenters. The number of ether oxygens (including phenoxy) is 2. The number of carbonyl (C=O) groups excluding carboxylic acids is 2. The van der Waals surface area contributed by atoms with Gasteiger partial charge in [0.25, 0.3) is 5.91 Å². The highest BCUT2D eigenvalue weighted by Crippen LogP contribution is 2.26. The van der Waals surface area contributed by atoms with Gasteiger partial charge in [0.1, 0.15) is 18.1 Å². The van der Waals surface area contributed by atoms with Crippen molar-refractivity contribution in [3.63, 3.8) is 0 Å². The Morgan fingerprint density at radius 3 is 2.59 bits per heavy atom. The Balaban J connectivity index is 1.26. The van der Waals surface area contributed by atoms with Crippen molar-refractivity contribution in [2.45, 2.75) is 51.8 Å². The van der Waals surface area contributed by atoms with Gasteiger partial charge in [0.05, 0.1) is 10.4 Å². The number of piperidine rings is 1. The van der Waals surface area contributed by atoms with Crippen molar-refractivity contribution in [2.24, 2.45) is 0 Å². The van der Waals surface area contributed by atoms with Crippen molar-refractivity contribution in [2.75, 3.05) is 6.61 Å². The van der Waals surface area contributed by atoms with E-state index >= 15 is 0 Å². The lowest BCUT2D eigenvalue weighted by Gasteiger charge is -2.38. The van der Waals surface area contributed by atoms with Crippen LogP contribution >= 0.6 is 11.3 Å². The summed E-state index contributed by atoms with van der Waals surface area (Å²) in [7, 11) is 0. The molecule has 7 nitrogen and oxygen atoms in total. The number of esters is 1.